The van der Waals surface area contributed by atoms with Gasteiger partial charge in [0.05, 0.1) is 5.52 Å². The molecule has 122 valence electrons. The standard InChI is InChI=1S/C17H15IN4O2/c1-10(23)19-12-4-3-5-13(9-12)20-17(24)11-6-7-15-14(8-11)16(18)21-22(15)2/h3-9H,1-2H3,(H,19,23)(H,20,24). The van der Waals surface area contributed by atoms with Crippen molar-refractivity contribution in [1.29, 1.82) is 0 Å². The number of rotatable bonds is 3. The largest absolute Gasteiger partial charge is 0.326 e. The number of fused-ring (bicyclic) bond motifs is 1. The van der Waals surface area contributed by atoms with Crippen LogP contribution in [0.5, 0.6) is 0 Å². The number of aromatic nitrogens is 2. The topological polar surface area (TPSA) is 76.0 Å². The summed E-state index contributed by atoms with van der Waals surface area (Å²) in [6, 6.07) is 12.5. The number of hydrogen-bond donors (Lipinski definition) is 2. The van der Waals surface area contributed by atoms with E-state index in [0.29, 0.717) is 16.9 Å². The van der Waals surface area contributed by atoms with Gasteiger partial charge in [-0.1, -0.05) is 6.07 Å². The second-order valence-corrected chi connectivity index (χ2v) is 6.38. The van der Waals surface area contributed by atoms with Crippen LogP contribution in [0.15, 0.2) is 42.5 Å². The molecule has 0 saturated carbocycles. The second kappa shape index (κ2) is 6.60. The zero-order chi connectivity index (χ0) is 17.3. The van der Waals surface area contributed by atoms with Crippen molar-refractivity contribution in [2.45, 2.75) is 6.92 Å². The molecule has 0 saturated heterocycles. The Bertz CT molecular complexity index is 949. The maximum atomic E-state index is 12.5. The summed E-state index contributed by atoms with van der Waals surface area (Å²) >= 11 is 2.15. The predicted octanol–water partition coefficient (Wildman–Crippen LogP) is 3.39. The minimum atomic E-state index is -0.212. The molecule has 7 heteroatoms. The molecule has 3 rings (SSSR count). The highest BCUT2D eigenvalue weighted by molar-refractivity contribution is 14.1. The van der Waals surface area contributed by atoms with Gasteiger partial charge in [-0.15, -0.1) is 0 Å². The first-order valence-corrected chi connectivity index (χ1v) is 8.33. The van der Waals surface area contributed by atoms with Crippen molar-refractivity contribution < 1.29 is 9.59 Å². The maximum absolute atomic E-state index is 12.5. The number of halogens is 1. The molecule has 0 aliphatic heterocycles. The number of hydrogen-bond acceptors (Lipinski definition) is 3. The van der Waals surface area contributed by atoms with Gasteiger partial charge < -0.3 is 10.6 Å². The molecule has 2 amide bonds. The molecule has 0 radical (unpaired) electrons. The molecule has 1 aromatic heterocycles. The first-order chi connectivity index (χ1) is 11.4. The summed E-state index contributed by atoms with van der Waals surface area (Å²) in [6.07, 6.45) is 0. The van der Waals surface area contributed by atoms with Crippen molar-refractivity contribution in [3.63, 3.8) is 0 Å². The number of nitrogens with zero attached hydrogens (tertiary/aromatic N) is 2. The van der Waals surface area contributed by atoms with Gasteiger partial charge in [-0.2, -0.15) is 5.10 Å². The van der Waals surface area contributed by atoms with E-state index < -0.39 is 0 Å². The van der Waals surface area contributed by atoms with Crippen molar-refractivity contribution >= 4 is 56.7 Å². The summed E-state index contributed by atoms with van der Waals surface area (Å²) in [5, 5.41) is 10.8. The Kier molecular flexibility index (Phi) is 4.52. The third kappa shape index (κ3) is 3.40. The fraction of sp³-hybridized carbons (Fsp3) is 0.118. The smallest absolute Gasteiger partial charge is 0.255 e. The summed E-state index contributed by atoms with van der Waals surface area (Å²) in [6.45, 7) is 1.44. The van der Waals surface area contributed by atoms with Gasteiger partial charge in [0, 0.05) is 36.3 Å². The van der Waals surface area contributed by atoms with Crippen molar-refractivity contribution in [2.24, 2.45) is 7.05 Å². The number of amides is 2. The fourth-order valence-corrected chi connectivity index (χ4v) is 3.20. The van der Waals surface area contributed by atoms with E-state index in [2.05, 4.69) is 38.3 Å². The molecular formula is C17H15IN4O2. The van der Waals surface area contributed by atoms with Crippen LogP contribution >= 0.6 is 22.6 Å². The Balaban J connectivity index is 1.85. The molecule has 0 bridgehead atoms. The minimum Gasteiger partial charge on any atom is -0.326 e. The monoisotopic (exact) mass is 434 g/mol. The summed E-state index contributed by atoms with van der Waals surface area (Å²) < 4.78 is 2.64. The van der Waals surface area contributed by atoms with Crippen molar-refractivity contribution in [3.8, 4) is 0 Å². The minimum absolute atomic E-state index is 0.157. The molecule has 1 heterocycles. The quantitative estimate of drug-likeness (QED) is 0.621. The first kappa shape index (κ1) is 16.4. The lowest BCUT2D eigenvalue weighted by Crippen LogP contribution is -2.12. The van der Waals surface area contributed by atoms with Crippen molar-refractivity contribution in [2.75, 3.05) is 10.6 Å². The summed E-state index contributed by atoms with van der Waals surface area (Å²) in [4.78, 5) is 23.6. The fourth-order valence-electron chi connectivity index (χ4n) is 2.45. The van der Waals surface area contributed by atoms with Crippen LogP contribution in [0, 0.1) is 3.70 Å². The highest BCUT2D eigenvalue weighted by atomic mass is 127. The molecule has 0 aliphatic carbocycles. The first-order valence-electron chi connectivity index (χ1n) is 7.25. The van der Waals surface area contributed by atoms with E-state index in [1.165, 1.54) is 6.92 Å². The van der Waals surface area contributed by atoms with E-state index in [1.54, 1.807) is 35.0 Å². The van der Waals surface area contributed by atoms with Crippen LogP contribution in [0.25, 0.3) is 10.9 Å². The zero-order valence-corrected chi connectivity index (χ0v) is 15.3. The van der Waals surface area contributed by atoms with Crippen LogP contribution < -0.4 is 10.6 Å². The van der Waals surface area contributed by atoms with Gasteiger partial charge in [0.1, 0.15) is 3.70 Å². The molecule has 0 unspecified atom stereocenters. The van der Waals surface area contributed by atoms with E-state index in [0.717, 1.165) is 14.6 Å². The molecule has 24 heavy (non-hydrogen) atoms. The SMILES string of the molecule is CC(=O)Nc1cccc(NC(=O)c2ccc3c(c2)c(I)nn3C)c1. The Morgan fingerprint density at radius 2 is 1.79 bits per heavy atom. The van der Waals surface area contributed by atoms with E-state index in [4.69, 9.17) is 0 Å². The lowest BCUT2D eigenvalue weighted by Gasteiger charge is -2.08. The average molecular weight is 434 g/mol. The highest BCUT2D eigenvalue weighted by Gasteiger charge is 2.11. The van der Waals surface area contributed by atoms with Crippen LogP contribution in [0.1, 0.15) is 17.3 Å². The van der Waals surface area contributed by atoms with Gasteiger partial charge in [-0.3, -0.25) is 14.3 Å². The van der Waals surface area contributed by atoms with Crippen LogP contribution in [-0.2, 0) is 11.8 Å². The van der Waals surface area contributed by atoms with Crippen LogP contribution in [0.3, 0.4) is 0 Å². The van der Waals surface area contributed by atoms with Crippen LogP contribution in [0.4, 0.5) is 11.4 Å². The normalized spacial score (nSPS) is 10.6. The number of carbonyl (C=O) groups is 2. The second-order valence-electron chi connectivity index (χ2n) is 5.36. The van der Waals surface area contributed by atoms with E-state index in [-0.39, 0.29) is 11.8 Å². The molecular weight excluding hydrogens is 419 g/mol. The Morgan fingerprint density at radius 3 is 2.50 bits per heavy atom. The van der Waals surface area contributed by atoms with E-state index in [9.17, 15) is 9.59 Å². The molecule has 0 fully saturated rings. The van der Waals surface area contributed by atoms with E-state index in [1.807, 2.05) is 19.2 Å². The number of benzene rings is 2. The number of anilines is 2. The molecule has 0 spiro atoms. The van der Waals surface area contributed by atoms with Crippen LogP contribution in [0.2, 0.25) is 0 Å². The highest BCUT2D eigenvalue weighted by Crippen LogP contribution is 2.22. The van der Waals surface area contributed by atoms with Gasteiger partial charge in [0.2, 0.25) is 5.91 Å². The number of aryl methyl sites for hydroxylation is 1. The summed E-state index contributed by atoms with van der Waals surface area (Å²) in [5.74, 6) is -0.369. The summed E-state index contributed by atoms with van der Waals surface area (Å²) in [5.41, 5.74) is 2.78. The lowest BCUT2D eigenvalue weighted by molar-refractivity contribution is -0.114. The van der Waals surface area contributed by atoms with Crippen molar-refractivity contribution in [3.05, 3.63) is 51.7 Å². The molecule has 2 N–H and O–H groups in total. The molecule has 2 aromatic carbocycles. The van der Waals surface area contributed by atoms with Gasteiger partial charge >= 0.3 is 0 Å². The van der Waals surface area contributed by atoms with E-state index >= 15 is 0 Å². The lowest BCUT2D eigenvalue weighted by atomic mass is 10.1. The Morgan fingerprint density at radius 1 is 1.08 bits per heavy atom. The third-order valence-corrected chi connectivity index (χ3v) is 4.31. The zero-order valence-electron chi connectivity index (χ0n) is 13.1. The van der Waals surface area contributed by atoms with Gasteiger partial charge in [0.25, 0.3) is 5.91 Å². The predicted molar refractivity (Wildman–Crippen MR) is 102 cm³/mol. The van der Waals surface area contributed by atoms with Crippen LogP contribution in [-0.4, -0.2) is 21.6 Å². The number of nitrogens with one attached hydrogen (secondary N) is 2. The van der Waals surface area contributed by atoms with Crippen molar-refractivity contribution in [1.82, 2.24) is 9.78 Å². The Labute approximate surface area is 152 Å². The molecule has 3 aromatic rings. The Hall–Kier alpha value is -2.42. The third-order valence-electron chi connectivity index (χ3n) is 3.51. The van der Waals surface area contributed by atoms with Gasteiger partial charge in [-0.05, 0) is 59.0 Å². The molecule has 0 atom stereocenters. The number of carbonyl (C=O) groups excluding carboxylic acids is 2. The molecule has 6 nitrogen and oxygen atoms in total. The van der Waals surface area contributed by atoms with Gasteiger partial charge in [-0.25, -0.2) is 0 Å². The average Bonchev–Trinajstić information content (AvgIpc) is 2.81. The van der Waals surface area contributed by atoms with Gasteiger partial charge in [0.15, 0.2) is 0 Å². The summed E-state index contributed by atoms with van der Waals surface area (Å²) in [7, 11) is 1.87. The maximum Gasteiger partial charge on any atom is 0.255 e. The molecule has 0 aliphatic rings.